The smallest absolute Gasteiger partial charge is 0.331 e. The first-order valence-corrected chi connectivity index (χ1v) is 11.5. The molecule has 0 fully saturated rings. The first-order valence-electron chi connectivity index (χ1n) is 11.5. The number of aromatic amines is 2. The zero-order valence-electron chi connectivity index (χ0n) is 20.8. The summed E-state index contributed by atoms with van der Waals surface area (Å²) in [5.41, 5.74) is 10.7. The summed E-state index contributed by atoms with van der Waals surface area (Å²) in [4.78, 5) is 61.4. The fraction of sp³-hybridized carbons (Fsp3) is 0.208. The highest BCUT2D eigenvalue weighted by Crippen LogP contribution is 2.19. The lowest BCUT2D eigenvalue weighted by Gasteiger charge is -2.26. The van der Waals surface area contributed by atoms with Crippen LogP contribution in [-0.4, -0.2) is 56.6 Å². The number of nitrogens with one attached hydrogen (secondary N) is 3. The number of hydrogen-bond donors (Lipinski definition) is 5. The van der Waals surface area contributed by atoms with Gasteiger partial charge in [0.2, 0.25) is 11.6 Å². The van der Waals surface area contributed by atoms with Gasteiger partial charge in [0.25, 0.3) is 11.5 Å². The van der Waals surface area contributed by atoms with E-state index in [9.17, 15) is 32.8 Å². The minimum atomic E-state index is -1.14. The lowest BCUT2D eigenvalue weighted by molar-refractivity contribution is -0.148. The topological polar surface area (TPSA) is 208 Å². The molecule has 1 aromatic carbocycles. The minimum absolute atomic E-state index is 0.115. The minimum Gasteiger partial charge on any atom is -0.443 e. The number of aromatic nitrogens is 3. The van der Waals surface area contributed by atoms with Crippen LogP contribution in [0.2, 0.25) is 0 Å². The molecule has 14 nitrogen and oxygen atoms in total. The van der Waals surface area contributed by atoms with Crippen molar-refractivity contribution in [3.8, 4) is 0 Å². The van der Waals surface area contributed by atoms with Crippen molar-refractivity contribution in [1.29, 1.82) is 0 Å². The Bertz CT molecular complexity index is 1580. The molecule has 3 heterocycles. The number of para-hydroxylation sites is 1. The highest BCUT2D eigenvalue weighted by atomic mass is 19.1. The molecule has 0 saturated carbocycles. The van der Waals surface area contributed by atoms with Crippen molar-refractivity contribution in [2.75, 3.05) is 13.3 Å². The van der Waals surface area contributed by atoms with Crippen LogP contribution < -0.4 is 28.0 Å². The Kier molecular flexibility index (Phi) is 9.66. The van der Waals surface area contributed by atoms with Gasteiger partial charge < -0.3 is 31.2 Å². The van der Waals surface area contributed by atoms with Crippen LogP contribution >= 0.6 is 0 Å². The van der Waals surface area contributed by atoms with E-state index in [0.717, 1.165) is 22.7 Å². The molecule has 2 aromatic heterocycles. The molecule has 0 saturated heterocycles. The van der Waals surface area contributed by atoms with Crippen LogP contribution in [0.3, 0.4) is 0 Å². The van der Waals surface area contributed by atoms with Gasteiger partial charge in [-0.25, -0.2) is 4.79 Å². The van der Waals surface area contributed by atoms with Crippen molar-refractivity contribution in [2.24, 2.45) is 11.5 Å². The van der Waals surface area contributed by atoms with E-state index in [1.807, 2.05) is 24.3 Å². The summed E-state index contributed by atoms with van der Waals surface area (Å²) < 4.78 is 36.2. The van der Waals surface area contributed by atoms with E-state index in [1.165, 1.54) is 4.90 Å². The van der Waals surface area contributed by atoms with Crippen molar-refractivity contribution in [3.63, 3.8) is 0 Å². The largest absolute Gasteiger partial charge is 0.443 e. The number of amides is 1. The van der Waals surface area contributed by atoms with Crippen LogP contribution in [0.1, 0.15) is 5.56 Å². The monoisotopic (exact) mass is 561 g/mol. The molecule has 1 unspecified atom stereocenters. The molecule has 40 heavy (non-hydrogen) atoms. The highest BCUT2D eigenvalue weighted by Gasteiger charge is 2.23. The summed E-state index contributed by atoms with van der Waals surface area (Å²) in [5, 5.41) is 3.20. The second-order valence-corrected chi connectivity index (χ2v) is 8.17. The number of H-pyrrole nitrogens is 2. The second kappa shape index (κ2) is 13.1. The molecule has 3 aromatic rings. The van der Waals surface area contributed by atoms with Crippen molar-refractivity contribution >= 4 is 28.7 Å². The maximum absolute atomic E-state index is 13.3. The molecule has 0 bridgehead atoms. The van der Waals surface area contributed by atoms with Gasteiger partial charge in [-0.3, -0.25) is 33.6 Å². The lowest BCUT2D eigenvalue weighted by Crippen LogP contribution is -2.41. The average molecular weight is 562 g/mol. The Balaban J connectivity index is 0.000000252. The first kappa shape index (κ1) is 29.5. The fourth-order valence-electron chi connectivity index (χ4n) is 3.29. The Labute approximate surface area is 223 Å². The molecular formula is C24H25F2N7O7. The van der Waals surface area contributed by atoms with Gasteiger partial charge in [0.15, 0.2) is 13.5 Å². The number of fused-ring (bicyclic) bond motifs is 1. The van der Waals surface area contributed by atoms with Crippen molar-refractivity contribution in [1.82, 2.24) is 24.8 Å². The van der Waals surface area contributed by atoms with Gasteiger partial charge in [-0.2, -0.15) is 8.78 Å². The Morgan fingerprint density at radius 2 is 1.82 bits per heavy atom. The molecule has 1 atom stereocenters. The molecular weight excluding hydrogens is 536 g/mol. The summed E-state index contributed by atoms with van der Waals surface area (Å²) >= 11 is 0. The molecule has 16 heteroatoms. The maximum atomic E-state index is 13.3. The summed E-state index contributed by atoms with van der Waals surface area (Å²) in [6.45, 7) is 2.41. The van der Waals surface area contributed by atoms with E-state index in [0.29, 0.717) is 17.2 Å². The number of nitrogens with two attached hydrogens (primary N) is 2. The van der Waals surface area contributed by atoms with Gasteiger partial charge in [-0.1, -0.05) is 24.8 Å². The zero-order valence-corrected chi connectivity index (χ0v) is 20.8. The van der Waals surface area contributed by atoms with E-state index >= 15 is 0 Å². The number of ether oxygens (including phenoxy) is 2. The van der Waals surface area contributed by atoms with Crippen LogP contribution in [0.4, 0.5) is 8.78 Å². The van der Waals surface area contributed by atoms with Crippen LogP contribution in [0.5, 0.6) is 0 Å². The second-order valence-electron chi connectivity index (χ2n) is 8.17. The number of hydrogen-bond acceptors (Lipinski definition) is 10. The predicted octanol–water partition coefficient (Wildman–Crippen LogP) is -0.613. The molecule has 4 rings (SSSR count). The Morgan fingerprint density at radius 1 is 1.10 bits per heavy atom. The SMILES string of the molecule is C=C1NC(=O)C(F)=CN1COC(=O)C(N)Cc1c[nH]c2ccccc12.NCC(=O)OCn1cc(F)c(=O)[nH]c1=O. The summed E-state index contributed by atoms with van der Waals surface area (Å²) in [7, 11) is 0. The van der Waals surface area contributed by atoms with E-state index in [2.05, 4.69) is 21.6 Å². The number of benzene rings is 1. The third kappa shape index (κ3) is 7.49. The van der Waals surface area contributed by atoms with Crippen molar-refractivity contribution in [2.45, 2.75) is 19.2 Å². The molecule has 0 aliphatic carbocycles. The molecule has 1 amide bonds. The van der Waals surface area contributed by atoms with Crippen LogP contribution in [0.25, 0.3) is 10.9 Å². The zero-order chi connectivity index (χ0) is 29.4. The van der Waals surface area contributed by atoms with E-state index in [-0.39, 0.29) is 19.1 Å². The average Bonchev–Trinajstić information content (AvgIpc) is 3.33. The first-order chi connectivity index (χ1) is 19.0. The molecule has 1 aliphatic heterocycles. The van der Waals surface area contributed by atoms with E-state index in [4.69, 9.17) is 16.2 Å². The third-order valence-corrected chi connectivity index (χ3v) is 5.35. The Morgan fingerprint density at radius 3 is 2.55 bits per heavy atom. The lowest BCUT2D eigenvalue weighted by atomic mass is 10.1. The van der Waals surface area contributed by atoms with Crippen LogP contribution in [0.15, 0.2) is 70.7 Å². The Hall–Kier alpha value is -5.09. The van der Waals surface area contributed by atoms with Gasteiger partial charge in [0.1, 0.15) is 11.9 Å². The van der Waals surface area contributed by atoms with Crippen LogP contribution in [-0.2, 0) is 37.0 Å². The van der Waals surface area contributed by atoms with Gasteiger partial charge in [-0.15, -0.1) is 0 Å². The van der Waals surface area contributed by atoms with Crippen molar-refractivity contribution in [3.05, 3.63) is 93.3 Å². The summed E-state index contributed by atoms with van der Waals surface area (Å²) in [5.74, 6) is -4.28. The van der Waals surface area contributed by atoms with Gasteiger partial charge in [0, 0.05) is 23.5 Å². The van der Waals surface area contributed by atoms with E-state index in [1.54, 1.807) is 11.2 Å². The number of halogens is 2. The standard InChI is InChI=1S/C17H17FN4O3.C7H8FN3O4/c1-10-21-16(23)13(18)8-22(10)9-25-17(24)14(19)6-11-7-20-15-5-3-2-4-12(11)15;8-4-2-11(3-15-5(12)1-9)7(14)10-6(4)13/h2-5,7-8,14,20H,1,6,9,19H2,(H,21,23);2H,1,3,9H2,(H,10,13,14). The number of rotatable bonds is 8. The number of nitrogens with zero attached hydrogens (tertiary/aromatic N) is 2. The maximum Gasteiger partial charge on any atom is 0.331 e. The summed E-state index contributed by atoms with van der Waals surface area (Å²) in [6.07, 6.45) is 3.66. The summed E-state index contributed by atoms with van der Waals surface area (Å²) in [6, 6.07) is 6.81. The third-order valence-electron chi connectivity index (χ3n) is 5.35. The van der Waals surface area contributed by atoms with Gasteiger partial charge in [-0.05, 0) is 11.6 Å². The van der Waals surface area contributed by atoms with E-state index < -0.39 is 53.5 Å². The predicted molar refractivity (Wildman–Crippen MR) is 136 cm³/mol. The van der Waals surface area contributed by atoms with Gasteiger partial charge in [0.05, 0.1) is 18.9 Å². The number of carbonyl (C=O) groups is 3. The highest BCUT2D eigenvalue weighted by molar-refractivity contribution is 5.93. The quantitative estimate of drug-likeness (QED) is 0.220. The van der Waals surface area contributed by atoms with Crippen molar-refractivity contribution < 1.29 is 32.6 Å². The van der Waals surface area contributed by atoms with Gasteiger partial charge >= 0.3 is 17.6 Å². The number of carbonyl (C=O) groups excluding carboxylic acids is 3. The molecule has 1 aliphatic rings. The normalized spacial score (nSPS) is 13.6. The molecule has 7 N–H and O–H groups in total. The molecule has 0 spiro atoms. The molecule has 0 radical (unpaired) electrons. The fourth-order valence-corrected chi connectivity index (χ4v) is 3.29. The van der Waals surface area contributed by atoms with Crippen LogP contribution in [0, 0.1) is 5.82 Å². The number of esters is 2. The molecule has 212 valence electrons.